The fourth-order valence-corrected chi connectivity index (χ4v) is 0.917. The van der Waals surface area contributed by atoms with E-state index in [9.17, 15) is 9.59 Å². The lowest BCUT2D eigenvalue weighted by atomic mass is 10.1. The summed E-state index contributed by atoms with van der Waals surface area (Å²) in [4.78, 5) is 21.8. The van der Waals surface area contributed by atoms with E-state index >= 15 is 0 Å². The molecule has 86 valence electrons. The number of rotatable bonds is 6. The quantitative estimate of drug-likeness (QED) is 0.518. The van der Waals surface area contributed by atoms with E-state index in [-0.39, 0.29) is 12.5 Å². The highest BCUT2D eigenvalue weighted by Crippen LogP contribution is 2.02. The van der Waals surface area contributed by atoms with Crippen LogP contribution in [0.1, 0.15) is 20.3 Å². The summed E-state index contributed by atoms with van der Waals surface area (Å²) in [5.74, 6) is -1.25. The van der Waals surface area contributed by atoms with Crippen LogP contribution in [-0.4, -0.2) is 29.8 Å². The molecule has 1 amide bonds. The van der Waals surface area contributed by atoms with Crippen molar-refractivity contribution in [1.29, 1.82) is 0 Å². The third-order valence-corrected chi connectivity index (χ3v) is 1.76. The van der Waals surface area contributed by atoms with E-state index in [2.05, 4.69) is 11.9 Å². The first-order valence-corrected chi connectivity index (χ1v) is 4.76. The molecule has 0 fully saturated rings. The van der Waals surface area contributed by atoms with Gasteiger partial charge in [-0.15, -0.1) is 6.58 Å². The number of carbonyl (C=O) groups excluding carboxylic acids is 1. The summed E-state index contributed by atoms with van der Waals surface area (Å²) in [5, 5.41) is 11.1. The number of alkyl carbamates (subject to hydrolysis) is 1. The molecule has 0 rings (SSSR count). The molecule has 0 aliphatic heterocycles. The molecule has 5 nitrogen and oxygen atoms in total. The lowest BCUT2D eigenvalue weighted by molar-refractivity contribution is -0.140. The van der Waals surface area contributed by atoms with Crippen LogP contribution in [-0.2, 0) is 9.53 Å². The lowest BCUT2D eigenvalue weighted by Crippen LogP contribution is -2.44. The summed E-state index contributed by atoms with van der Waals surface area (Å²) >= 11 is 0. The van der Waals surface area contributed by atoms with Crippen molar-refractivity contribution in [3.63, 3.8) is 0 Å². The van der Waals surface area contributed by atoms with Crippen LogP contribution in [0.3, 0.4) is 0 Å². The molecule has 0 radical (unpaired) electrons. The van der Waals surface area contributed by atoms with E-state index in [0.29, 0.717) is 6.42 Å². The van der Waals surface area contributed by atoms with Gasteiger partial charge in [0.05, 0.1) is 6.61 Å². The van der Waals surface area contributed by atoms with E-state index in [4.69, 9.17) is 9.84 Å². The number of carboxylic acid groups (broad SMARTS) is 1. The number of hydrogen-bond donors (Lipinski definition) is 2. The average molecular weight is 215 g/mol. The molecule has 2 N–H and O–H groups in total. The largest absolute Gasteiger partial charge is 0.480 e. The molecule has 0 aromatic carbocycles. The number of amides is 1. The standard InChI is InChI=1S/C10H17NO4/c1-4-5-6-15-10(14)11-8(7(2)3)9(12)13/h4,7-8H,1,5-6H2,2-3H3,(H,11,14)(H,12,13). The molecular weight excluding hydrogens is 198 g/mol. The summed E-state index contributed by atoms with van der Waals surface area (Å²) in [6.45, 7) is 7.10. The van der Waals surface area contributed by atoms with Gasteiger partial charge in [-0.05, 0) is 12.3 Å². The average Bonchev–Trinajstić information content (AvgIpc) is 2.13. The molecular formula is C10H17NO4. The fraction of sp³-hybridized carbons (Fsp3) is 0.600. The van der Waals surface area contributed by atoms with Gasteiger partial charge in [-0.2, -0.15) is 0 Å². The van der Waals surface area contributed by atoms with E-state index in [1.165, 1.54) is 0 Å². The van der Waals surface area contributed by atoms with Gasteiger partial charge in [-0.25, -0.2) is 9.59 Å². The Bertz CT molecular complexity index is 238. The Kier molecular flexibility index (Phi) is 6.17. The lowest BCUT2D eigenvalue weighted by Gasteiger charge is -2.17. The van der Waals surface area contributed by atoms with Crippen molar-refractivity contribution < 1.29 is 19.4 Å². The number of aliphatic carboxylic acids is 1. The van der Waals surface area contributed by atoms with Crippen LogP contribution in [0.25, 0.3) is 0 Å². The first-order valence-electron chi connectivity index (χ1n) is 4.76. The SMILES string of the molecule is C=CCCOC(=O)NC(C(=O)O)C(C)C. The van der Waals surface area contributed by atoms with Gasteiger partial charge in [0, 0.05) is 0 Å². The van der Waals surface area contributed by atoms with Gasteiger partial charge in [-0.1, -0.05) is 19.9 Å². The third kappa shape index (κ3) is 5.72. The summed E-state index contributed by atoms with van der Waals surface area (Å²) in [6.07, 6.45) is 1.45. The Morgan fingerprint density at radius 1 is 1.53 bits per heavy atom. The van der Waals surface area contributed by atoms with Crippen LogP contribution in [0.5, 0.6) is 0 Å². The minimum absolute atomic E-state index is 0.186. The van der Waals surface area contributed by atoms with E-state index in [1.807, 2.05) is 0 Å². The molecule has 0 aliphatic carbocycles. The minimum Gasteiger partial charge on any atom is -0.480 e. The third-order valence-electron chi connectivity index (χ3n) is 1.76. The number of carbonyl (C=O) groups is 2. The summed E-state index contributed by atoms with van der Waals surface area (Å²) in [7, 11) is 0. The highest BCUT2D eigenvalue weighted by molar-refractivity contribution is 5.80. The van der Waals surface area contributed by atoms with Gasteiger partial charge in [0.15, 0.2) is 0 Å². The molecule has 0 saturated carbocycles. The van der Waals surface area contributed by atoms with Gasteiger partial charge in [0.25, 0.3) is 0 Å². The fourth-order valence-electron chi connectivity index (χ4n) is 0.917. The van der Waals surface area contributed by atoms with Crippen molar-refractivity contribution in [1.82, 2.24) is 5.32 Å². The van der Waals surface area contributed by atoms with Crippen LogP contribution in [0.4, 0.5) is 4.79 Å². The number of ether oxygens (including phenoxy) is 1. The van der Waals surface area contributed by atoms with E-state index < -0.39 is 18.1 Å². The second kappa shape index (κ2) is 6.86. The molecule has 0 heterocycles. The predicted octanol–water partition coefficient (Wildman–Crippen LogP) is 1.40. The van der Waals surface area contributed by atoms with Gasteiger partial charge in [0.1, 0.15) is 6.04 Å². The van der Waals surface area contributed by atoms with Crippen LogP contribution in [0, 0.1) is 5.92 Å². The van der Waals surface area contributed by atoms with Crippen LogP contribution in [0.15, 0.2) is 12.7 Å². The maximum absolute atomic E-state index is 11.1. The van der Waals surface area contributed by atoms with Crippen LogP contribution in [0.2, 0.25) is 0 Å². The molecule has 0 aliphatic rings. The summed E-state index contributed by atoms with van der Waals surface area (Å²) in [6, 6.07) is -0.916. The molecule has 0 bridgehead atoms. The molecule has 0 aromatic rings. The first-order chi connectivity index (χ1) is 6.99. The summed E-state index contributed by atoms with van der Waals surface area (Å²) < 4.78 is 4.73. The van der Waals surface area contributed by atoms with Crippen molar-refractivity contribution in [2.75, 3.05) is 6.61 Å². The minimum atomic E-state index is -1.06. The topological polar surface area (TPSA) is 75.6 Å². The zero-order valence-corrected chi connectivity index (χ0v) is 9.03. The van der Waals surface area contributed by atoms with Gasteiger partial charge in [0.2, 0.25) is 0 Å². The van der Waals surface area contributed by atoms with Gasteiger partial charge in [-0.3, -0.25) is 0 Å². The first kappa shape index (κ1) is 13.5. The Labute approximate surface area is 89.1 Å². The molecule has 0 spiro atoms. The maximum atomic E-state index is 11.1. The van der Waals surface area contributed by atoms with Crippen LogP contribution < -0.4 is 5.32 Å². The van der Waals surface area contributed by atoms with E-state index in [1.54, 1.807) is 19.9 Å². The molecule has 0 aromatic heterocycles. The molecule has 1 unspecified atom stereocenters. The number of carboxylic acids is 1. The van der Waals surface area contributed by atoms with Crippen molar-refractivity contribution >= 4 is 12.1 Å². The second-order valence-corrected chi connectivity index (χ2v) is 3.42. The molecule has 15 heavy (non-hydrogen) atoms. The Hall–Kier alpha value is -1.52. The molecule has 5 heteroatoms. The maximum Gasteiger partial charge on any atom is 0.407 e. The zero-order valence-electron chi connectivity index (χ0n) is 9.03. The van der Waals surface area contributed by atoms with E-state index in [0.717, 1.165) is 0 Å². The monoisotopic (exact) mass is 215 g/mol. The van der Waals surface area contributed by atoms with Crippen LogP contribution >= 0.6 is 0 Å². The van der Waals surface area contributed by atoms with Crippen molar-refractivity contribution in [2.45, 2.75) is 26.3 Å². The molecule has 1 atom stereocenters. The summed E-state index contributed by atoms with van der Waals surface area (Å²) in [5.41, 5.74) is 0. The highest BCUT2D eigenvalue weighted by atomic mass is 16.5. The Balaban J connectivity index is 4.00. The Morgan fingerprint density at radius 2 is 2.13 bits per heavy atom. The smallest absolute Gasteiger partial charge is 0.407 e. The van der Waals surface area contributed by atoms with Gasteiger partial charge < -0.3 is 15.2 Å². The van der Waals surface area contributed by atoms with Crippen molar-refractivity contribution in [3.05, 3.63) is 12.7 Å². The number of hydrogen-bond acceptors (Lipinski definition) is 3. The Morgan fingerprint density at radius 3 is 2.53 bits per heavy atom. The highest BCUT2D eigenvalue weighted by Gasteiger charge is 2.23. The van der Waals surface area contributed by atoms with Gasteiger partial charge >= 0.3 is 12.1 Å². The zero-order chi connectivity index (χ0) is 11.8. The number of nitrogens with one attached hydrogen (secondary N) is 1. The normalized spacial score (nSPS) is 11.9. The second-order valence-electron chi connectivity index (χ2n) is 3.42. The van der Waals surface area contributed by atoms with Crippen molar-refractivity contribution in [2.24, 2.45) is 5.92 Å². The van der Waals surface area contributed by atoms with Crippen molar-refractivity contribution in [3.8, 4) is 0 Å². The molecule has 0 saturated heterocycles. The predicted molar refractivity (Wildman–Crippen MR) is 55.6 cm³/mol.